The molecule has 6 heteroatoms. The molecule has 0 aliphatic carbocycles. The number of aliphatic imine (C=N–C) groups is 2. The van der Waals surface area contributed by atoms with Crippen molar-refractivity contribution >= 4 is 43.3 Å². The highest BCUT2D eigenvalue weighted by molar-refractivity contribution is 9.18. The summed E-state index contributed by atoms with van der Waals surface area (Å²) in [6.45, 7) is 3.51. The molecule has 1 rings (SSSR count). The Labute approximate surface area is 89.4 Å². The Bertz CT molecular complexity index is 295. The van der Waals surface area contributed by atoms with Crippen LogP contribution in [0.2, 0.25) is 0 Å². The van der Waals surface area contributed by atoms with Crippen molar-refractivity contribution in [1.82, 2.24) is 5.43 Å². The molecule has 13 heavy (non-hydrogen) atoms. The number of halogens is 1. The Balaban J connectivity index is 2.65. The topological polar surface area (TPSA) is 49.1 Å². The lowest BCUT2D eigenvalue weighted by Gasteiger charge is -1.96. The van der Waals surface area contributed by atoms with Crippen LogP contribution < -0.4 is 5.43 Å². The van der Waals surface area contributed by atoms with Crippen LogP contribution in [0.15, 0.2) is 27.9 Å². The van der Waals surface area contributed by atoms with Crippen LogP contribution in [0.5, 0.6) is 0 Å². The Morgan fingerprint density at radius 1 is 1.85 bits per heavy atom. The van der Waals surface area contributed by atoms with Crippen LogP contribution in [0, 0.1) is 0 Å². The number of hydrogen-bond donors (Lipinski definition) is 1. The van der Waals surface area contributed by atoms with Gasteiger partial charge in [0.2, 0.25) is 0 Å². The van der Waals surface area contributed by atoms with Gasteiger partial charge < -0.3 is 0 Å². The molecule has 70 valence electrons. The zero-order valence-electron chi connectivity index (χ0n) is 7.12. The monoisotopic (exact) mass is 260 g/mol. The van der Waals surface area contributed by atoms with Gasteiger partial charge in [0.05, 0.1) is 6.42 Å². The fourth-order valence-corrected chi connectivity index (χ4v) is 1.46. The summed E-state index contributed by atoms with van der Waals surface area (Å²) in [6, 6.07) is 0. The first kappa shape index (κ1) is 10.5. The van der Waals surface area contributed by atoms with Crippen molar-refractivity contribution in [2.75, 3.05) is 6.26 Å². The summed E-state index contributed by atoms with van der Waals surface area (Å²) in [5, 5.41) is 4.60. The van der Waals surface area contributed by atoms with Crippen molar-refractivity contribution in [2.45, 2.75) is 6.42 Å². The first-order chi connectivity index (χ1) is 6.26. The maximum atomic E-state index is 4.24. The van der Waals surface area contributed by atoms with Gasteiger partial charge in [-0.25, -0.2) is 9.98 Å². The van der Waals surface area contributed by atoms with E-state index in [1.807, 2.05) is 6.26 Å². The van der Waals surface area contributed by atoms with E-state index in [0.717, 1.165) is 10.5 Å². The SMILES string of the molecule is C=C/N=C(\N=C1/CC(Br)=NN1)SC. The zero-order chi connectivity index (χ0) is 9.68. The molecule has 0 saturated heterocycles. The molecular weight excluding hydrogens is 252 g/mol. The predicted octanol–water partition coefficient (Wildman–Crippen LogP) is 1.95. The smallest absolute Gasteiger partial charge is 0.188 e. The van der Waals surface area contributed by atoms with Crippen LogP contribution in [0.1, 0.15) is 6.42 Å². The van der Waals surface area contributed by atoms with Crippen molar-refractivity contribution in [3.63, 3.8) is 0 Å². The van der Waals surface area contributed by atoms with Crippen LogP contribution >= 0.6 is 27.7 Å². The Morgan fingerprint density at radius 3 is 3.08 bits per heavy atom. The largest absolute Gasteiger partial charge is 0.264 e. The van der Waals surface area contributed by atoms with Crippen LogP contribution in [0.3, 0.4) is 0 Å². The van der Waals surface area contributed by atoms with Crippen LogP contribution in [0.25, 0.3) is 0 Å². The van der Waals surface area contributed by atoms with E-state index in [2.05, 4.69) is 43.0 Å². The lowest BCUT2D eigenvalue weighted by atomic mass is 10.4. The van der Waals surface area contributed by atoms with Crippen molar-refractivity contribution in [3.8, 4) is 0 Å². The Hall–Kier alpha value is -0.620. The van der Waals surface area contributed by atoms with Gasteiger partial charge in [0.15, 0.2) is 5.17 Å². The number of amidine groups is 2. The maximum Gasteiger partial charge on any atom is 0.188 e. The molecule has 0 aromatic rings. The number of hydrazone groups is 1. The molecule has 1 heterocycles. The van der Waals surface area contributed by atoms with E-state index in [4.69, 9.17) is 0 Å². The molecule has 1 aliphatic heterocycles. The summed E-state index contributed by atoms with van der Waals surface area (Å²) >= 11 is 4.74. The second kappa shape index (κ2) is 5.18. The van der Waals surface area contributed by atoms with Crippen molar-refractivity contribution in [2.24, 2.45) is 15.1 Å². The van der Waals surface area contributed by atoms with Gasteiger partial charge in [0.1, 0.15) is 10.5 Å². The molecule has 0 radical (unpaired) electrons. The minimum Gasteiger partial charge on any atom is -0.264 e. The number of rotatable bonds is 1. The maximum absolute atomic E-state index is 4.24. The summed E-state index contributed by atoms with van der Waals surface area (Å²) in [7, 11) is 0. The molecule has 1 N–H and O–H groups in total. The average molecular weight is 261 g/mol. The van der Waals surface area contributed by atoms with E-state index in [1.54, 1.807) is 0 Å². The molecule has 0 fully saturated rings. The molecule has 0 spiro atoms. The molecule has 0 aromatic heterocycles. The summed E-state index contributed by atoms with van der Waals surface area (Å²) < 4.78 is 0.852. The Morgan fingerprint density at radius 2 is 2.62 bits per heavy atom. The van der Waals surface area contributed by atoms with Crippen LogP contribution in [0.4, 0.5) is 0 Å². The summed E-state index contributed by atoms with van der Waals surface area (Å²) in [5.41, 5.74) is 2.79. The van der Waals surface area contributed by atoms with Gasteiger partial charge in [-0.3, -0.25) is 5.43 Å². The van der Waals surface area contributed by atoms with Gasteiger partial charge in [-0.05, 0) is 22.2 Å². The van der Waals surface area contributed by atoms with E-state index in [0.29, 0.717) is 11.6 Å². The van der Waals surface area contributed by atoms with E-state index < -0.39 is 0 Å². The van der Waals surface area contributed by atoms with E-state index in [-0.39, 0.29) is 0 Å². The highest BCUT2D eigenvalue weighted by atomic mass is 79.9. The Kier molecular flexibility index (Phi) is 4.17. The van der Waals surface area contributed by atoms with Gasteiger partial charge in [0, 0.05) is 6.20 Å². The molecule has 0 saturated carbocycles. The van der Waals surface area contributed by atoms with E-state index in [9.17, 15) is 0 Å². The van der Waals surface area contributed by atoms with Crippen molar-refractivity contribution < 1.29 is 0 Å². The standard InChI is InChI=1S/C7H9BrN4S/c1-3-9-7(13-2)10-6-4-5(8)11-12-6/h3H,1,4H2,2H3,(H,9,10,12). The second-order valence-electron chi connectivity index (χ2n) is 2.13. The van der Waals surface area contributed by atoms with Gasteiger partial charge >= 0.3 is 0 Å². The number of nitrogens with zero attached hydrogens (tertiary/aromatic N) is 3. The lowest BCUT2D eigenvalue weighted by Crippen LogP contribution is -2.12. The minimum atomic E-state index is 0.676. The molecule has 0 aromatic carbocycles. The quantitative estimate of drug-likeness (QED) is 0.579. The molecular formula is C7H9BrN4S. The number of hydrogen-bond acceptors (Lipinski definition) is 3. The van der Waals surface area contributed by atoms with E-state index >= 15 is 0 Å². The molecule has 0 bridgehead atoms. The van der Waals surface area contributed by atoms with E-state index in [1.165, 1.54) is 18.0 Å². The summed E-state index contributed by atoms with van der Waals surface area (Å²) in [5.74, 6) is 0.793. The second-order valence-corrected chi connectivity index (χ2v) is 3.82. The van der Waals surface area contributed by atoms with Crippen molar-refractivity contribution in [1.29, 1.82) is 0 Å². The minimum absolute atomic E-state index is 0.676. The third-order valence-corrected chi connectivity index (χ3v) is 2.25. The van der Waals surface area contributed by atoms with Crippen LogP contribution in [-0.4, -0.2) is 21.9 Å². The zero-order valence-corrected chi connectivity index (χ0v) is 9.52. The first-order valence-corrected chi connectivity index (χ1v) is 5.56. The molecule has 1 aliphatic rings. The molecule has 4 nitrogen and oxygen atoms in total. The normalized spacial score (nSPS) is 20.0. The fraction of sp³-hybridized carbons (Fsp3) is 0.286. The average Bonchev–Trinajstić information content (AvgIpc) is 2.50. The van der Waals surface area contributed by atoms with Crippen LogP contribution in [-0.2, 0) is 0 Å². The predicted molar refractivity (Wildman–Crippen MR) is 62.7 cm³/mol. The summed E-state index contributed by atoms with van der Waals surface area (Å²) in [6.07, 6.45) is 4.08. The number of thioether (sulfide) groups is 1. The van der Waals surface area contributed by atoms with Crippen molar-refractivity contribution in [3.05, 3.63) is 12.8 Å². The highest BCUT2D eigenvalue weighted by Gasteiger charge is 2.10. The molecule has 0 amide bonds. The third-order valence-electron chi connectivity index (χ3n) is 1.23. The van der Waals surface area contributed by atoms with Gasteiger partial charge in [0.25, 0.3) is 0 Å². The van der Waals surface area contributed by atoms with Gasteiger partial charge in [-0.1, -0.05) is 18.3 Å². The van der Waals surface area contributed by atoms with Gasteiger partial charge in [-0.2, -0.15) is 5.10 Å². The molecule has 0 unspecified atom stereocenters. The first-order valence-electron chi connectivity index (χ1n) is 3.54. The highest BCUT2D eigenvalue weighted by Crippen LogP contribution is 2.07. The molecule has 0 atom stereocenters. The third kappa shape index (κ3) is 3.31. The fourth-order valence-electron chi connectivity index (χ4n) is 0.728. The lowest BCUT2D eigenvalue weighted by molar-refractivity contribution is 1.06. The summed E-state index contributed by atoms with van der Waals surface area (Å²) in [4.78, 5) is 8.22. The van der Waals surface area contributed by atoms with Gasteiger partial charge in [-0.15, -0.1) is 0 Å². The number of nitrogens with one attached hydrogen (secondary N) is 1.